The minimum atomic E-state index is -0.796. The molecule has 2 heterocycles. The highest BCUT2D eigenvalue weighted by Crippen LogP contribution is 2.69. The first-order chi connectivity index (χ1) is 14.7. The smallest absolute Gasteiger partial charge is 0.273 e. The van der Waals surface area contributed by atoms with Crippen LogP contribution in [0.2, 0.25) is 5.02 Å². The number of aromatic nitrogens is 1. The molecule has 1 aromatic carbocycles. The average Bonchev–Trinajstić information content (AvgIpc) is 3.64. The number of nitrogens with two attached hydrogens (primary N) is 1. The summed E-state index contributed by atoms with van der Waals surface area (Å²) in [4.78, 5) is 31.6. The largest absolute Gasteiger partial charge is 0.368 e. The van der Waals surface area contributed by atoms with Crippen LogP contribution in [0.15, 0.2) is 30.5 Å². The summed E-state index contributed by atoms with van der Waals surface area (Å²) in [7, 11) is 0. The van der Waals surface area contributed by atoms with Gasteiger partial charge < -0.3 is 10.6 Å². The van der Waals surface area contributed by atoms with Crippen LogP contribution in [0.4, 0.5) is 8.78 Å². The standard InChI is InChI=1S/C23H22ClF2N3O2/c1-11-4-5-28-18(6-11)22(31)29-19(21(27)30)7-13-10-23(13,29)20(12-2-3-12)14-8-17(26)15(24)9-16(14)25/h4-6,8-9,12-13,19-20H,2-3,7,10H2,1H3,(H2,27,30)/t13?,19?,20-,23?/m1/s1. The van der Waals surface area contributed by atoms with Gasteiger partial charge in [0.15, 0.2) is 0 Å². The molecule has 1 aromatic heterocycles. The number of piperidine rings is 1. The number of primary amides is 1. The van der Waals surface area contributed by atoms with E-state index in [0.29, 0.717) is 12.8 Å². The lowest BCUT2D eigenvalue weighted by molar-refractivity contribution is -0.122. The van der Waals surface area contributed by atoms with Gasteiger partial charge in [-0.05, 0) is 79.8 Å². The number of amides is 2. The maximum Gasteiger partial charge on any atom is 0.273 e. The van der Waals surface area contributed by atoms with E-state index in [9.17, 15) is 14.0 Å². The lowest BCUT2D eigenvalue weighted by atomic mass is 9.82. The molecule has 2 saturated carbocycles. The molecular formula is C23H22ClF2N3O2. The van der Waals surface area contributed by atoms with Crippen molar-refractivity contribution in [1.29, 1.82) is 0 Å². The van der Waals surface area contributed by atoms with E-state index in [1.165, 1.54) is 4.90 Å². The number of hydrogen-bond acceptors (Lipinski definition) is 3. The van der Waals surface area contributed by atoms with Gasteiger partial charge in [0.25, 0.3) is 5.91 Å². The van der Waals surface area contributed by atoms with E-state index in [2.05, 4.69) is 4.98 Å². The second-order valence-corrected chi connectivity index (χ2v) is 9.45. The average molecular weight is 446 g/mol. The summed E-state index contributed by atoms with van der Waals surface area (Å²) in [6.45, 7) is 1.85. The van der Waals surface area contributed by atoms with Crippen LogP contribution < -0.4 is 5.73 Å². The second kappa shape index (κ2) is 6.99. The van der Waals surface area contributed by atoms with Gasteiger partial charge in [0, 0.05) is 12.1 Å². The molecule has 5 nitrogen and oxygen atoms in total. The molecular weight excluding hydrogens is 424 g/mol. The number of carbonyl (C=O) groups excluding carboxylic acids is 2. The molecule has 0 radical (unpaired) electrons. The van der Waals surface area contributed by atoms with E-state index in [4.69, 9.17) is 17.3 Å². The van der Waals surface area contributed by atoms with Crippen LogP contribution in [0.5, 0.6) is 0 Å². The maximum absolute atomic E-state index is 15.0. The molecule has 3 fully saturated rings. The number of pyridine rings is 1. The summed E-state index contributed by atoms with van der Waals surface area (Å²) in [6.07, 6.45) is 4.30. The topological polar surface area (TPSA) is 76.3 Å². The minimum Gasteiger partial charge on any atom is -0.368 e. The molecule has 2 N–H and O–H groups in total. The Labute approximate surface area is 183 Å². The van der Waals surface area contributed by atoms with Crippen molar-refractivity contribution in [2.45, 2.75) is 50.1 Å². The monoisotopic (exact) mass is 445 g/mol. The van der Waals surface area contributed by atoms with Gasteiger partial charge in [0.1, 0.15) is 23.4 Å². The predicted molar refractivity (Wildman–Crippen MR) is 110 cm³/mol. The van der Waals surface area contributed by atoms with E-state index in [1.807, 2.05) is 6.92 Å². The molecule has 3 unspecified atom stereocenters. The Morgan fingerprint density at radius 3 is 2.65 bits per heavy atom. The number of hydrogen-bond donors (Lipinski definition) is 1. The normalized spacial score (nSPS) is 27.7. The number of likely N-dealkylation sites (tertiary alicyclic amines) is 1. The van der Waals surface area contributed by atoms with E-state index in [1.54, 1.807) is 18.3 Å². The minimum absolute atomic E-state index is 0.00231. The summed E-state index contributed by atoms with van der Waals surface area (Å²) in [5, 5.41) is -0.279. The van der Waals surface area contributed by atoms with E-state index < -0.39 is 40.9 Å². The van der Waals surface area contributed by atoms with Crippen LogP contribution >= 0.6 is 11.6 Å². The van der Waals surface area contributed by atoms with Gasteiger partial charge in [-0.3, -0.25) is 14.6 Å². The molecule has 2 aliphatic carbocycles. The van der Waals surface area contributed by atoms with Crippen LogP contribution in [-0.4, -0.2) is 33.3 Å². The number of fused-ring (bicyclic) bond motifs is 1. The second-order valence-electron chi connectivity index (χ2n) is 9.04. The highest BCUT2D eigenvalue weighted by atomic mass is 35.5. The van der Waals surface area contributed by atoms with E-state index in [0.717, 1.165) is 30.5 Å². The van der Waals surface area contributed by atoms with E-state index in [-0.39, 0.29) is 28.1 Å². The number of halogens is 3. The van der Waals surface area contributed by atoms with Crippen molar-refractivity contribution in [3.8, 4) is 0 Å². The van der Waals surface area contributed by atoms with Gasteiger partial charge >= 0.3 is 0 Å². The Morgan fingerprint density at radius 1 is 1.26 bits per heavy atom. The van der Waals surface area contributed by atoms with Gasteiger partial charge in [-0.1, -0.05) is 11.6 Å². The van der Waals surface area contributed by atoms with Crippen molar-refractivity contribution in [2.24, 2.45) is 17.6 Å². The Kier molecular flexibility index (Phi) is 4.59. The number of nitrogens with zero attached hydrogens (tertiary/aromatic N) is 2. The molecule has 3 aliphatic rings. The van der Waals surface area contributed by atoms with Crippen molar-refractivity contribution in [2.75, 3.05) is 0 Å². The molecule has 1 aliphatic heterocycles. The van der Waals surface area contributed by atoms with Crippen LogP contribution in [0.1, 0.15) is 53.2 Å². The Hall–Kier alpha value is -2.54. The van der Waals surface area contributed by atoms with Gasteiger partial charge in [-0.15, -0.1) is 0 Å². The third kappa shape index (κ3) is 3.13. The van der Waals surface area contributed by atoms with Gasteiger partial charge in [0.2, 0.25) is 5.91 Å². The Morgan fingerprint density at radius 2 is 2.00 bits per heavy atom. The van der Waals surface area contributed by atoms with Gasteiger partial charge in [0.05, 0.1) is 10.6 Å². The van der Waals surface area contributed by atoms with Crippen LogP contribution in [-0.2, 0) is 4.79 Å². The predicted octanol–water partition coefficient (Wildman–Crippen LogP) is 3.97. The van der Waals surface area contributed by atoms with Crippen molar-refractivity contribution in [3.63, 3.8) is 0 Å². The third-order valence-electron chi connectivity index (χ3n) is 7.08. The number of carbonyl (C=O) groups is 2. The summed E-state index contributed by atoms with van der Waals surface area (Å²) < 4.78 is 29.3. The van der Waals surface area contributed by atoms with Crippen LogP contribution in [0.25, 0.3) is 0 Å². The maximum atomic E-state index is 15.0. The number of rotatable bonds is 5. The van der Waals surface area contributed by atoms with Gasteiger partial charge in [-0.25, -0.2) is 8.78 Å². The Bertz CT molecular complexity index is 1110. The third-order valence-corrected chi connectivity index (χ3v) is 7.37. The zero-order valence-corrected chi connectivity index (χ0v) is 17.7. The molecule has 31 heavy (non-hydrogen) atoms. The zero-order chi connectivity index (χ0) is 22.1. The fraction of sp³-hybridized carbons (Fsp3) is 0.435. The molecule has 8 heteroatoms. The summed E-state index contributed by atoms with van der Waals surface area (Å²) in [5.41, 5.74) is 6.20. The molecule has 4 atom stereocenters. The summed E-state index contributed by atoms with van der Waals surface area (Å²) in [5.74, 6) is -2.60. The zero-order valence-electron chi connectivity index (χ0n) is 16.9. The van der Waals surface area contributed by atoms with E-state index >= 15 is 4.39 Å². The molecule has 0 spiro atoms. The molecule has 0 bridgehead atoms. The Balaban J connectivity index is 1.63. The number of aryl methyl sites for hydroxylation is 1. The molecule has 2 aromatic rings. The van der Waals surface area contributed by atoms with Gasteiger partial charge in [-0.2, -0.15) is 0 Å². The highest BCUT2D eigenvalue weighted by molar-refractivity contribution is 6.30. The molecule has 162 valence electrons. The first kappa shape index (κ1) is 20.4. The number of benzene rings is 1. The lowest BCUT2D eigenvalue weighted by Gasteiger charge is -2.38. The quantitative estimate of drug-likeness (QED) is 0.707. The SMILES string of the molecule is Cc1ccnc(C(=O)N2C(C(N)=O)CC3CC32[C@@H](c2cc(F)c(Cl)cc2F)C2CC2)c1. The summed E-state index contributed by atoms with van der Waals surface area (Å²) in [6, 6.07) is 4.79. The molecule has 1 saturated heterocycles. The van der Waals surface area contributed by atoms with Crippen molar-refractivity contribution in [3.05, 3.63) is 63.9 Å². The van der Waals surface area contributed by atoms with Crippen molar-refractivity contribution in [1.82, 2.24) is 9.88 Å². The first-order valence-corrected chi connectivity index (χ1v) is 10.8. The molecule has 5 rings (SSSR count). The van der Waals surface area contributed by atoms with Crippen LogP contribution in [0.3, 0.4) is 0 Å². The van der Waals surface area contributed by atoms with Crippen LogP contribution in [0, 0.1) is 30.4 Å². The van der Waals surface area contributed by atoms with Crippen molar-refractivity contribution >= 4 is 23.4 Å². The first-order valence-electron chi connectivity index (χ1n) is 10.4. The molecule has 2 amide bonds. The summed E-state index contributed by atoms with van der Waals surface area (Å²) >= 11 is 5.78. The fourth-order valence-electron chi connectivity index (χ4n) is 5.60. The fourth-order valence-corrected chi connectivity index (χ4v) is 5.75. The highest BCUT2D eigenvalue weighted by Gasteiger charge is 2.73. The van der Waals surface area contributed by atoms with Crippen molar-refractivity contribution < 1.29 is 18.4 Å². The lowest BCUT2D eigenvalue weighted by Crippen LogP contribution is -2.53.